The fraction of sp³-hybridized carbons (Fsp3) is 0.125. The van der Waals surface area contributed by atoms with Crippen molar-refractivity contribution in [3.8, 4) is 0 Å². The standard InChI is InChI=1S/C16H16O/c1-2-14-8-10-16(11-9-14)13-17-12-15-6-4-3-5-7-15/h2-11H,1,12-13H2. The van der Waals surface area contributed by atoms with Gasteiger partial charge in [-0.3, -0.25) is 0 Å². The molecule has 0 fully saturated rings. The van der Waals surface area contributed by atoms with Crippen LogP contribution in [0.5, 0.6) is 0 Å². The van der Waals surface area contributed by atoms with Crippen LogP contribution in [0, 0.1) is 0 Å². The highest BCUT2D eigenvalue weighted by atomic mass is 16.5. The van der Waals surface area contributed by atoms with E-state index < -0.39 is 0 Å². The first-order valence-corrected chi connectivity index (χ1v) is 5.71. The summed E-state index contributed by atoms with van der Waals surface area (Å²) in [7, 11) is 0. The molecule has 86 valence electrons. The van der Waals surface area contributed by atoms with Crippen LogP contribution in [0.4, 0.5) is 0 Å². The molecule has 0 bridgehead atoms. The van der Waals surface area contributed by atoms with Crippen LogP contribution in [0.15, 0.2) is 61.2 Å². The third-order valence-electron chi connectivity index (χ3n) is 2.60. The Balaban J connectivity index is 1.84. The lowest BCUT2D eigenvalue weighted by atomic mass is 10.1. The molecule has 2 aromatic carbocycles. The van der Waals surface area contributed by atoms with Gasteiger partial charge in [0, 0.05) is 0 Å². The van der Waals surface area contributed by atoms with E-state index in [2.05, 4.69) is 30.8 Å². The molecule has 0 saturated carbocycles. The van der Waals surface area contributed by atoms with Gasteiger partial charge in [-0.2, -0.15) is 0 Å². The molecule has 2 aromatic rings. The van der Waals surface area contributed by atoms with Crippen molar-refractivity contribution in [2.45, 2.75) is 13.2 Å². The van der Waals surface area contributed by atoms with Crippen molar-refractivity contribution in [2.24, 2.45) is 0 Å². The Hall–Kier alpha value is -1.86. The van der Waals surface area contributed by atoms with Crippen LogP contribution in [-0.4, -0.2) is 0 Å². The summed E-state index contributed by atoms with van der Waals surface area (Å²) in [6, 6.07) is 18.4. The Morgan fingerprint density at radius 2 is 1.41 bits per heavy atom. The zero-order chi connectivity index (χ0) is 11.9. The second kappa shape index (κ2) is 6.02. The van der Waals surface area contributed by atoms with Gasteiger partial charge in [0.2, 0.25) is 0 Å². The monoisotopic (exact) mass is 224 g/mol. The van der Waals surface area contributed by atoms with Crippen LogP contribution in [0.3, 0.4) is 0 Å². The van der Waals surface area contributed by atoms with Gasteiger partial charge >= 0.3 is 0 Å². The Morgan fingerprint density at radius 1 is 0.824 bits per heavy atom. The Morgan fingerprint density at radius 3 is 2.00 bits per heavy atom. The van der Waals surface area contributed by atoms with Crippen LogP contribution in [-0.2, 0) is 18.0 Å². The number of hydrogen-bond acceptors (Lipinski definition) is 1. The van der Waals surface area contributed by atoms with Crippen molar-refractivity contribution in [1.82, 2.24) is 0 Å². The summed E-state index contributed by atoms with van der Waals surface area (Å²) < 4.78 is 5.65. The Bertz CT molecular complexity index is 457. The average molecular weight is 224 g/mol. The molecule has 0 unspecified atom stereocenters. The lowest BCUT2D eigenvalue weighted by Gasteiger charge is -2.04. The van der Waals surface area contributed by atoms with Crippen LogP contribution in [0.25, 0.3) is 6.08 Å². The molecule has 0 aliphatic heterocycles. The van der Waals surface area contributed by atoms with E-state index in [1.807, 2.05) is 36.4 Å². The van der Waals surface area contributed by atoms with E-state index in [0.717, 1.165) is 5.56 Å². The van der Waals surface area contributed by atoms with E-state index in [1.165, 1.54) is 11.1 Å². The van der Waals surface area contributed by atoms with E-state index in [4.69, 9.17) is 4.74 Å². The maximum atomic E-state index is 5.65. The van der Waals surface area contributed by atoms with Gasteiger partial charge in [-0.05, 0) is 16.7 Å². The number of rotatable bonds is 5. The fourth-order valence-electron chi connectivity index (χ4n) is 1.61. The van der Waals surface area contributed by atoms with Crippen LogP contribution >= 0.6 is 0 Å². The first-order chi connectivity index (χ1) is 8.38. The Kier molecular flexibility index (Phi) is 4.11. The maximum Gasteiger partial charge on any atom is 0.0721 e. The van der Waals surface area contributed by atoms with Gasteiger partial charge in [0.25, 0.3) is 0 Å². The number of benzene rings is 2. The van der Waals surface area contributed by atoms with Crippen molar-refractivity contribution in [3.63, 3.8) is 0 Å². The topological polar surface area (TPSA) is 9.23 Å². The van der Waals surface area contributed by atoms with E-state index >= 15 is 0 Å². The summed E-state index contributed by atoms with van der Waals surface area (Å²) >= 11 is 0. The lowest BCUT2D eigenvalue weighted by Crippen LogP contribution is -1.93. The van der Waals surface area contributed by atoms with Gasteiger partial charge in [0.1, 0.15) is 0 Å². The smallest absolute Gasteiger partial charge is 0.0721 e. The minimum atomic E-state index is 0.645. The SMILES string of the molecule is C=Cc1ccc(COCc2ccccc2)cc1. The van der Waals surface area contributed by atoms with E-state index in [-0.39, 0.29) is 0 Å². The third-order valence-corrected chi connectivity index (χ3v) is 2.60. The molecule has 0 aliphatic carbocycles. The molecule has 17 heavy (non-hydrogen) atoms. The number of ether oxygens (including phenoxy) is 1. The average Bonchev–Trinajstić information content (AvgIpc) is 2.41. The second-order valence-corrected chi connectivity index (χ2v) is 3.92. The summed E-state index contributed by atoms with van der Waals surface area (Å²) in [5.41, 5.74) is 3.53. The van der Waals surface area contributed by atoms with Crippen LogP contribution in [0.2, 0.25) is 0 Å². The zero-order valence-electron chi connectivity index (χ0n) is 9.80. The van der Waals surface area contributed by atoms with E-state index in [1.54, 1.807) is 0 Å². The van der Waals surface area contributed by atoms with Crippen molar-refractivity contribution in [2.75, 3.05) is 0 Å². The first kappa shape index (κ1) is 11.6. The molecule has 0 atom stereocenters. The van der Waals surface area contributed by atoms with E-state index in [0.29, 0.717) is 13.2 Å². The van der Waals surface area contributed by atoms with Gasteiger partial charge in [0.05, 0.1) is 13.2 Å². The summed E-state index contributed by atoms with van der Waals surface area (Å²) in [5, 5.41) is 0. The predicted octanol–water partition coefficient (Wildman–Crippen LogP) is 4.05. The molecule has 1 heteroatoms. The van der Waals surface area contributed by atoms with Crippen molar-refractivity contribution in [1.29, 1.82) is 0 Å². The molecular weight excluding hydrogens is 208 g/mol. The normalized spacial score (nSPS) is 10.1. The van der Waals surface area contributed by atoms with Gasteiger partial charge in [-0.25, -0.2) is 0 Å². The summed E-state index contributed by atoms with van der Waals surface area (Å²) in [4.78, 5) is 0. The van der Waals surface area contributed by atoms with Crippen LogP contribution < -0.4 is 0 Å². The molecule has 0 N–H and O–H groups in total. The van der Waals surface area contributed by atoms with Gasteiger partial charge < -0.3 is 4.74 Å². The molecule has 0 aliphatic rings. The highest BCUT2D eigenvalue weighted by molar-refractivity contribution is 5.47. The first-order valence-electron chi connectivity index (χ1n) is 5.71. The second-order valence-electron chi connectivity index (χ2n) is 3.92. The fourth-order valence-corrected chi connectivity index (χ4v) is 1.61. The zero-order valence-corrected chi connectivity index (χ0v) is 9.80. The molecule has 0 saturated heterocycles. The van der Waals surface area contributed by atoms with Crippen molar-refractivity contribution in [3.05, 3.63) is 77.9 Å². The summed E-state index contributed by atoms with van der Waals surface area (Å²) in [5.74, 6) is 0. The largest absolute Gasteiger partial charge is 0.372 e. The summed E-state index contributed by atoms with van der Waals surface area (Å²) in [6.07, 6.45) is 1.84. The molecule has 0 aromatic heterocycles. The quantitative estimate of drug-likeness (QED) is 0.744. The van der Waals surface area contributed by atoms with Gasteiger partial charge in [-0.1, -0.05) is 67.3 Å². The van der Waals surface area contributed by atoms with Crippen LogP contribution in [0.1, 0.15) is 16.7 Å². The minimum absolute atomic E-state index is 0.645. The molecule has 1 nitrogen and oxygen atoms in total. The van der Waals surface area contributed by atoms with Crippen molar-refractivity contribution >= 4 is 6.08 Å². The van der Waals surface area contributed by atoms with Crippen molar-refractivity contribution < 1.29 is 4.74 Å². The third kappa shape index (κ3) is 3.58. The number of hydrogen-bond donors (Lipinski definition) is 0. The lowest BCUT2D eigenvalue weighted by molar-refractivity contribution is 0.107. The highest BCUT2D eigenvalue weighted by Gasteiger charge is 1.94. The van der Waals surface area contributed by atoms with Gasteiger partial charge in [0.15, 0.2) is 0 Å². The molecule has 0 spiro atoms. The molecular formula is C16H16O. The Labute approximate surface area is 102 Å². The highest BCUT2D eigenvalue weighted by Crippen LogP contribution is 2.08. The molecule has 2 rings (SSSR count). The van der Waals surface area contributed by atoms with Gasteiger partial charge in [-0.15, -0.1) is 0 Å². The van der Waals surface area contributed by atoms with E-state index in [9.17, 15) is 0 Å². The molecule has 0 amide bonds. The molecule has 0 heterocycles. The minimum Gasteiger partial charge on any atom is -0.372 e. The summed E-state index contributed by atoms with van der Waals surface area (Å²) in [6.45, 7) is 5.03. The molecule has 0 radical (unpaired) electrons. The predicted molar refractivity (Wildman–Crippen MR) is 71.5 cm³/mol. The maximum absolute atomic E-state index is 5.65.